The Morgan fingerprint density at radius 3 is 2.89 bits per heavy atom. The third-order valence-corrected chi connectivity index (χ3v) is 2.45. The monoisotopic (exact) mass is 246 g/mol. The maximum atomic E-state index is 12.9. The molecule has 0 unspecified atom stereocenters. The summed E-state index contributed by atoms with van der Waals surface area (Å²) in [5, 5.41) is 3.08. The highest BCUT2D eigenvalue weighted by molar-refractivity contribution is 5.28. The van der Waals surface area contributed by atoms with Gasteiger partial charge in [0.15, 0.2) is 0 Å². The van der Waals surface area contributed by atoms with Gasteiger partial charge in [-0.2, -0.15) is 0 Å². The van der Waals surface area contributed by atoms with Crippen LogP contribution in [0.15, 0.2) is 42.7 Å². The van der Waals surface area contributed by atoms with Crippen LogP contribution in [0.3, 0.4) is 0 Å². The highest BCUT2D eigenvalue weighted by Crippen LogP contribution is 2.15. The van der Waals surface area contributed by atoms with E-state index in [2.05, 4.69) is 10.3 Å². The summed E-state index contributed by atoms with van der Waals surface area (Å²) in [7, 11) is 1.89. The Morgan fingerprint density at radius 1 is 1.22 bits per heavy atom. The zero-order chi connectivity index (χ0) is 12.8. The molecule has 0 saturated heterocycles. The van der Waals surface area contributed by atoms with Gasteiger partial charge >= 0.3 is 0 Å². The van der Waals surface area contributed by atoms with Crippen molar-refractivity contribution in [2.24, 2.45) is 0 Å². The number of benzene rings is 1. The van der Waals surface area contributed by atoms with Crippen LogP contribution in [0.2, 0.25) is 0 Å². The summed E-state index contributed by atoms with van der Waals surface area (Å²) < 4.78 is 18.5. The van der Waals surface area contributed by atoms with Crippen molar-refractivity contribution in [3.05, 3.63) is 59.7 Å². The summed E-state index contributed by atoms with van der Waals surface area (Å²) in [5.41, 5.74) is 1.86. The maximum absolute atomic E-state index is 12.9. The number of nitrogens with zero attached hydrogens (tertiary/aromatic N) is 1. The molecule has 1 aromatic carbocycles. The molecule has 0 spiro atoms. The molecule has 0 fully saturated rings. The van der Waals surface area contributed by atoms with Gasteiger partial charge in [-0.25, -0.2) is 4.39 Å². The van der Waals surface area contributed by atoms with E-state index in [0.29, 0.717) is 12.2 Å². The Bertz CT molecular complexity index is 517. The van der Waals surface area contributed by atoms with Crippen molar-refractivity contribution < 1.29 is 9.13 Å². The Balaban J connectivity index is 1.99. The fourth-order valence-corrected chi connectivity index (χ4v) is 1.65. The smallest absolute Gasteiger partial charge is 0.141 e. The lowest BCUT2D eigenvalue weighted by atomic mass is 10.2. The van der Waals surface area contributed by atoms with Crippen LogP contribution in [0.1, 0.15) is 11.1 Å². The summed E-state index contributed by atoms with van der Waals surface area (Å²) in [6, 6.07) is 9.22. The first-order valence-corrected chi connectivity index (χ1v) is 5.73. The molecule has 94 valence electrons. The van der Waals surface area contributed by atoms with E-state index in [0.717, 1.165) is 17.9 Å². The maximum Gasteiger partial charge on any atom is 0.141 e. The molecule has 2 aromatic rings. The van der Waals surface area contributed by atoms with Crippen LogP contribution in [-0.4, -0.2) is 12.0 Å². The Labute approximate surface area is 106 Å². The highest BCUT2D eigenvalue weighted by atomic mass is 19.1. The lowest BCUT2D eigenvalue weighted by Crippen LogP contribution is -2.05. The summed E-state index contributed by atoms with van der Waals surface area (Å²) in [6.07, 6.45) is 2.78. The van der Waals surface area contributed by atoms with Crippen molar-refractivity contribution in [3.8, 4) is 5.75 Å². The van der Waals surface area contributed by atoms with Gasteiger partial charge in [-0.05, 0) is 30.8 Å². The van der Waals surface area contributed by atoms with E-state index in [1.807, 2.05) is 31.3 Å². The lowest BCUT2D eigenvalue weighted by molar-refractivity contribution is 0.304. The summed E-state index contributed by atoms with van der Waals surface area (Å²) in [6.45, 7) is 1.10. The number of ether oxygens (including phenoxy) is 1. The van der Waals surface area contributed by atoms with Crippen LogP contribution in [0.25, 0.3) is 0 Å². The first kappa shape index (κ1) is 12.5. The SMILES string of the molecule is CNCc1cccc(OCc2cncc(F)c2)c1. The third kappa shape index (κ3) is 3.53. The standard InChI is InChI=1S/C14H15FN2O/c1-16-7-11-3-2-4-14(6-11)18-10-12-5-13(15)9-17-8-12/h2-6,8-9,16H,7,10H2,1H3. The van der Waals surface area contributed by atoms with Gasteiger partial charge in [-0.3, -0.25) is 4.98 Å². The minimum atomic E-state index is -0.347. The van der Waals surface area contributed by atoms with Gasteiger partial charge in [0.2, 0.25) is 0 Å². The van der Waals surface area contributed by atoms with Crippen molar-refractivity contribution in [1.29, 1.82) is 0 Å². The van der Waals surface area contributed by atoms with Gasteiger partial charge in [0.1, 0.15) is 18.2 Å². The summed E-state index contributed by atoms with van der Waals surface area (Å²) >= 11 is 0. The molecule has 1 N–H and O–H groups in total. The molecule has 18 heavy (non-hydrogen) atoms. The molecule has 3 nitrogen and oxygen atoms in total. The minimum Gasteiger partial charge on any atom is -0.489 e. The van der Waals surface area contributed by atoms with Crippen molar-refractivity contribution in [2.75, 3.05) is 7.05 Å². The molecular weight excluding hydrogens is 231 g/mol. The van der Waals surface area contributed by atoms with Crippen molar-refractivity contribution >= 4 is 0 Å². The number of rotatable bonds is 5. The van der Waals surface area contributed by atoms with Crippen LogP contribution in [0, 0.1) is 5.82 Å². The number of hydrogen-bond donors (Lipinski definition) is 1. The molecule has 0 aliphatic rings. The molecule has 0 amide bonds. The molecule has 1 heterocycles. The number of nitrogens with one attached hydrogen (secondary N) is 1. The second kappa shape index (κ2) is 6.12. The molecule has 1 aromatic heterocycles. The molecule has 0 bridgehead atoms. The average molecular weight is 246 g/mol. The molecule has 0 aliphatic carbocycles. The molecule has 2 rings (SSSR count). The van der Waals surface area contributed by atoms with Crippen LogP contribution >= 0.6 is 0 Å². The Kier molecular flexibility index (Phi) is 4.25. The van der Waals surface area contributed by atoms with Crippen LogP contribution in [0.4, 0.5) is 4.39 Å². The summed E-state index contributed by atoms with van der Waals surface area (Å²) in [4.78, 5) is 3.78. The lowest BCUT2D eigenvalue weighted by Gasteiger charge is -2.08. The fraction of sp³-hybridized carbons (Fsp3) is 0.214. The van der Waals surface area contributed by atoms with Crippen LogP contribution in [-0.2, 0) is 13.2 Å². The molecule has 0 aliphatic heterocycles. The van der Waals surface area contributed by atoms with Crippen molar-refractivity contribution in [1.82, 2.24) is 10.3 Å². The largest absolute Gasteiger partial charge is 0.489 e. The normalized spacial score (nSPS) is 10.3. The van der Waals surface area contributed by atoms with Gasteiger partial charge in [-0.1, -0.05) is 12.1 Å². The van der Waals surface area contributed by atoms with E-state index in [1.54, 1.807) is 6.20 Å². The van der Waals surface area contributed by atoms with Crippen LogP contribution < -0.4 is 10.1 Å². The Hall–Kier alpha value is -1.94. The van der Waals surface area contributed by atoms with E-state index in [-0.39, 0.29) is 5.82 Å². The highest BCUT2D eigenvalue weighted by Gasteiger charge is 1.99. The van der Waals surface area contributed by atoms with E-state index in [1.165, 1.54) is 12.3 Å². The second-order valence-electron chi connectivity index (χ2n) is 3.98. The molecule has 0 radical (unpaired) electrons. The second-order valence-corrected chi connectivity index (χ2v) is 3.98. The van der Waals surface area contributed by atoms with Gasteiger partial charge in [0.25, 0.3) is 0 Å². The number of hydrogen-bond acceptors (Lipinski definition) is 3. The summed E-state index contributed by atoms with van der Waals surface area (Å²) in [5.74, 6) is 0.423. The molecular formula is C14H15FN2O. The van der Waals surface area contributed by atoms with Gasteiger partial charge < -0.3 is 10.1 Å². The van der Waals surface area contributed by atoms with E-state index in [4.69, 9.17) is 4.74 Å². The van der Waals surface area contributed by atoms with Gasteiger partial charge in [0, 0.05) is 18.3 Å². The predicted octanol–water partition coefficient (Wildman–Crippen LogP) is 2.52. The molecule has 0 atom stereocenters. The quantitative estimate of drug-likeness (QED) is 0.880. The molecule has 4 heteroatoms. The van der Waals surface area contributed by atoms with Crippen molar-refractivity contribution in [3.63, 3.8) is 0 Å². The first-order valence-electron chi connectivity index (χ1n) is 5.73. The Morgan fingerprint density at radius 2 is 2.11 bits per heavy atom. The zero-order valence-corrected chi connectivity index (χ0v) is 10.2. The van der Waals surface area contributed by atoms with Crippen LogP contribution in [0.5, 0.6) is 5.75 Å². The topological polar surface area (TPSA) is 34.1 Å². The third-order valence-electron chi connectivity index (χ3n) is 2.45. The first-order chi connectivity index (χ1) is 8.78. The zero-order valence-electron chi connectivity index (χ0n) is 10.2. The minimum absolute atomic E-state index is 0.313. The van der Waals surface area contributed by atoms with Gasteiger partial charge in [-0.15, -0.1) is 0 Å². The fourth-order valence-electron chi connectivity index (χ4n) is 1.65. The number of aromatic nitrogens is 1. The van der Waals surface area contributed by atoms with Gasteiger partial charge in [0.05, 0.1) is 6.20 Å². The van der Waals surface area contributed by atoms with E-state index < -0.39 is 0 Å². The number of pyridine rings is 1. The van der Waals surface area contributed by atoms with E-state index in [9.17, 15) is 4.39 Å². The number of halogens is 1. The predicted molar refractivity (Wildman–Crippen MR) is 67.7 cm³/mol. The molecule has 0 saturated carbocycles. The average Bonchev–Trinajstić information content (AvgIpc) is 2.37. The van der Waals surface area contributed by atoms with E-state index >= 15 is 0 Å². The van der Waals surface area contributed by atoms with Crippen molar-refractivity contribution in [2.45, 2.75) is 13.2 Å².